The summed E-state index contributed by atoms with van der Waals surface area (Å²) in [6.07, 6.45) is 0. The molecule has 0 amide bonds. The fraction of sp³-hybridized carbons (Fsp3) is 0.333. The summed E-state index contributed by atoms with van der Waals surface area (Å²) < 4.78 is 5.83. The van der Waals surface area contributed by atoms with E-state index in [9.17, 15) is 0 Å². The second-order valence-corrected chi connectivity index (χ2v) is 6.11. The SMILES string of the molecule is Cc1cc(Oc2ccc(Cl)cc2)ccc1CNCC(C)C. The molecule has 0 spiro atoms. The first-order valence-electron chi connectivity index (χ1n) is 7.28. The molecule has 0 radical (unpaired) electrons. The van der Waals surface area contributed by atoms with Crippen molar-refractivity contribution in [3.63, 3.8) is 0 Å². The highest BCUT2D eigenvalue weighted by atomic mass is 35.5. The van der Waals surface area contributed by atoms with Crippen molar-refractivity contribution in [1.82, 2.24) is 5.32 Å². The number of ether oxygens (including phenoxy) is 1. The van der Waals surface area contributed by atoms with Crippen LogP contribution in [0.4, 0.5) is 0 Å². The summed E-state index contributed by atoms with van der Waals surface area (Å²) in [5, 5.41) is 4.17. The normalized spacial score (nSPS) is 10.9. The molecule has 0 unspecified atom stereocenters. The topological polar surface area (TPSA) is 21.3 Å². The molecule has 21 heavy (non-hydrogen) atoms. The van der Waals surface area contributed by atoms with Crippen molar-refractivity contribution in [3.8, 4) is 11.5 Å². The third-order valence-corrected chi connectivity index (χ3v) is 3.48. The standard InChI is InChI=1S/C18H22ClNO/c1-13(2)11-20-12-15-4-7-18(10-14(15)3)21-17-8-5-16(19)6-9-17/h4-10,13,20H,11-12H2,1-3H3. The molecule has 2 aromatic carbocycles. The quantitative estimate of drug-likeness (QED) is 0.793. The van der Waals surface area contributed by atoms with E-state index < -0.39 is 0 Å². The lowest BCUT2D eigenvalue weighted by atomic mass is 10.1. The van der Waals surface area contributed by atoms with Crippen molar-refractivity contribution in [2.75, 3.05) is 6.54 Å². The van der Waals surface area contributed by atoms with Crippen molar-refractivity contribution in [2.24, 2.45) is 5.92 Å². The number of nitrogens with one attached hydrogen (secondary N) is 1. The van der Waals surface area contributed by atoms with Gasteiger partial charge in [-0.1, -0.05) is 31.5 Å². The van der Waals surface area contributed by atoms with Gasteiger partial charge in [0.1, 0.15) is 11.5 Å². The van der Waals surface area contributed by atoms with E-state index >= 15 is 0 Å². The molecule has 1 N–H and O–H groups in total. The molecule has 0 aliphatic rings. The smallest absolute Gasteiger partial charge is 0.127 e. The summed E-state index contributed by atoms with van der Waals surface area (Å²) in [6, 6.07) is 13.6. The first-order valence-corrected chi connectivity index (χ1v) is 7.66. The molecule has 0 saturated heterocycles. The Kier molecular flexibility index (Phi) is 5.66. The Morgan fingerprint density at radius 3 is 2.33 bits per heavy atom. The first kappa shape index (κ1) is 15.9. The molecular formula is C18H22ClNO. The third kappa shape index (κ3) is 5.07. The maximum atomic E-state index is 5.87. The Hall–Kier alpha value is -1.51. The Morgan fingerprint density at radius 1 is 1.05 bits per heavy atom. The van der Waals surface area contributed by atoms with Gasteiger partial charge in [0.25, 0.3) is 0 Å². The van der Waals surface area contributed by atoms with Crippen molar-refractivity contribution >= 4 is 11.6 Å². The largest absolute Gasteiger partial charge is 0.457 e. The molecule has 112 valence electrons. The highest BCUT2D eigenvalue weighted by molar-refractivity contribution is 6.30. The summed E-state index contributed by atoms with van der Waals surface area (Å²) in [7, 11) is 0. The molecule has 2 aromatic rings. The van der Waals surface area contributed by atoms with Gasteiger partial charge in [-0.15, -0.1) is 0 Å². The van der Waals surface area contributed by atoms with Crippen LogP contribution in [-0.4, -0.2) is 6.54 Å². The molecular weight excluding hydrogens is 282 g/mol. The summed E-state index contributed by atoms with van der Waals surface area (Å²) in [5.74, 6) is 2.31. The zero-order valence-corrected chi connectivity index (χ0v) is 13.6. The highest BCUT2D eigenvalue weighted by Crippen LogP contribution is 2.25. The number of hydrogen-bond acceptors (Lipinski definition) is 2. The number of aryl methyl sites for hydroxylation is 1. The lowest BCUT2D eigenvalue weighted by Gasteiger charge is -2.12. The third-order valence-electron chi connectivity index (χ3n) is 3.23. The molecule has 3 heteroatoms. The lowest BCUT2D eigenvalue weighted by molar-refractivity contribution is 0.481. The molecule has 0 heterocycles. The number of halogens is 1. The van der Waals surface area contributed by atoms with Crippen LogP contribution in [0, 0.1) is 12.8 Å². The van der Waals surface area contributed by atoms with Crippen LogP contribution in [-0.2, 0) is 6.54 Å². The van der Waals surface area contributed by atoms with Gasteiger partial charge in [-0.05, 0) is 66.9 Å². The van der Waals surface area contributed by atoms with E-state index in [-0.39, 0.29) is 0 Å². The fourth-order valence-corrected chi connectivity index (χ4v) is 2.19. The Bertz CT molecular complexity index is 578. The number of rotatable bonds is 6. The first-order chi connectivity index (χ1) is 10.0. The molecule has 0 fully saturated rings. The second-order valence-electron chi connectivity index (χ2n) is 5.67. The Labute approximate surface area is 132 Å². The van der Waals surface area contributed by atoms with Crippen LogP contribution >= 0.6 is 11.6 Å². The van der Waals surface area contributed by atoms with E-state index in [0.717, 1.165) is 24.6 Å². The molecule has 0 bridgehead atoms. The van der Waals surface area contributed by atoms with Crippen molar-refractivity contribution in [1.29, 1.82) is 0 Å². The van der Waals surface area contributed by atoms with Gasteiger partial charge in [-0.25, -0.2) is 0 Å². The minimum atomic E-state index is 0.665. The van der Waals surface area contributed by atoms with E-state index in [1.807, 2.05) is 30.3 Å². The van der Waals surface area contributed by atoms with Crippen molar-refractivity contribution in [2.45, 2.75) is 27.3 Å². The predicted molar refractivity (Wildman–Crippen MR) is 89.2 cm³/mol. The maximum Gasteiger partial charge on any atom is 0.127 e. The van der Waals surface area contributed by atoms with Crippen LogP contribution in [0.25, 0.3) is 0 Å². The molecule has 0 aromatic heterocycles. The summed E-state index contributed by atoms with van der Waals surface area (Å²) in [5.41, 5.74) is 2.54. The number of hydrogen-bond donors (Lipinski definition) is 1. The van der Waals surface area contributed by atoms with Gasteiger partial charge in [-0.3, -0.25) is 0 Å². The zero-order valence-electron chi connectivity index (χ0n) is 12.8. The Morgan fingerprint density at radius 2 is 1.71 bits per heavy atom. The lowest BCUT2D eigenvalue weighted by Crippen LogP contribution is -2.19. The molecule has 0 atom stereocenters. The molecule has 2 nitrogen and oxygen atoms in total. The minimum absolute atomic E-state index is 0.665. The van der Waals surface area contributed by atoms with Crippen LogP contribution < -0.4 is 10.1 Å². The van der Waals surface area contributed by atoms with Crippen molar-refractivity contribution in [3.05, 3.63) is 58.6 Å². The summed E-state index contributed by atoms with van der Waals surface area (Å²) in [4.78, 5) is 0. The van der Waals surface area contributed by atoms with Crippen molar-refractivity contribution < 1.29 is 4.74 Å². The van der Waals surface area contributed by atoms with Gasteiger partial charge >= 0.3 is 0 Å². The molecule has 0 aliphatic heterocycles. The highest BCUT2D eigenvalue weighted by Gasteiger charge is 2.03. The van der Waals surface area contributed by atoms with Crippen LogP contribution in [0.5, 0.6) is 11.5 Å². The molecule has 2 rings (SSSR count). The van der Waals surface area contributed by atoms with Crippen LogP contribution in [0.15, 0.2) is 42.5 Å². The van der Waals surface area contributed by atoms with Crippen LogP contribution in [0.1, 0.15) is 25.0 Å². The Balaban J connectivity index is 1.99. The summed E-state index contributed by atoms with van der Waals surface area (Å²) >= 11 is 5.87. The van der Waals surface area contributed by atoms with E-state index in [4.69, 9.17) is 16.3 Å². The van der Waals surface area contributed by atoms with E-state index in [0.29, 0.717) is 10.9 Å². The van der Waals surface area contributed by atoms with E-state index in [1.54, 1.807) is 0 Å². The van der Waals surface area contributed by atoms with Gasteiger partial charge in [0.15, 0.2) is 0 Å². The van der Waals surface area contributed by atoms with E-state index in [2.05, 4.69) is 38.2 Å². The average Bonchev–Trinajstić information content (AvgIpc) is 2.43. The molecule has 0 aliphatic carbocycles. The fourth-order valence-electron chi connectivity index (χ4n) is 2.06. The minimum Gasteiger partial charge on any atom is -0.457 e. The van der Waals surface area contributed by atoms with Gasteiger partial charge < -0.3 is 10.1 Å². The summed E-state index contributed by atoms with van der Waals surface area (Å²) in [6.45, 7) is 8.46. The van der Waals surface area contributed by atoms with Gasteiger partial charge in [-0.2, -0.15) is 0 Å². The predicted octanol–water partition coefficient (Wildman–Crippen LogP) is 5.19. The van der Waals surface area contributed by atoms with Gasteiger partial charge in [0, 0.05) is 11.6 Å². The van der Waals surface area contributed by atoms with Gasteiger partial charge in [0.05, 0.1) is 0 Å². The van der Waals surface area contributed by atoms with Gasteiger partial charge in [0.2, 0.25) is 0 Å². The van der Waals surface area contributed by atoms with Crippen LogP contribution in [0.2, 0.25) is 5.02 Å². The average molecular weight is 304 g/mol. The monoisotopic (exact) mass is 303 g/mol. The maximum absolute atomic E-state index is 5.87. The van der Waals surface area contributed by atoms with Crippen LogP contribution in [0.3, 0.4) is 0 Å². The number of benzene rings is 2. The van der Waals surface area contributed by atoms with E-state index in [1.165, 1.54) is 11.1 Å². The zero-order chi connectivity index (χ0) is 15.2. The molecule has 0 saturated carbocycles. The second kappa shape index (κ2) is 7.48.